The summed E-state index contributed by atoms with van der Waals surface area (Å²) in [4.78, 5) is 0. The van der Waals surface area contributed by atoms with Crippen molar-refractivity contribution in [2.45, 2.75) is 64.6 Å². The highest BCUT2D eigenvalue weighted by molar-refractivity contribution is 5.53. The summed E-state index contributed by atoms with van der Waals surface area (Å²) >= 11 is 0. The predicted molar refractivity (Wildman–Crippen MR) is 136 cm³/mol. The van der Waals surface area contributed by atoms with Crippen LogP contribution in [0.4, 0.5) is 0 Å². The molecule has 36 heavy (non-hydrogen) atoms. The molecule has 2 aliphatic rings. The smallest absolute Gasteiger partial charge is 0.0723 e. The molecule has 0 fully saturated rings. The van der Waals surface area contributed by atoms with Gasteiger partial charge >= 0.3 is 0 Å². The van der Waals surface area contributed by atoms with Crippen LogP contribution in [-0.2, 0) is 67.3 Å². The molecule has 2 aliphatic carbocycles. The summed E-state index contributed by atoms with van der Waals surface area (Å²) in [6.45, 7) is 6.37. The van der Waals surface area contributed by atoms with Crippen LogP contribution in [0.3, 0.4) is 0 Å². The molecule has 8 heteroatoms. The van der Waals surface area contributed by atoms with E-state index in [-0.39, 0.29) is 13.2 Å². The Balaban J connectivity index is 1.53. The maximum Gasteiger partial charge on any atom is 0.0723 e. The standard InChI is InChI=1S/C28H46O8/c29-9-11-31-13-15-33-17-19-35-21-27-23-5-1-2-6-24(23)28(26-8-4-3-7-25(26)27)22-36-20-18-34-16-14-32-12-10-30/h29-30H,1-22H2. The van der Waals surface area contributed by atoms with E-state index in [1.54, 1.807) is 0 Å². The third kappa shape index (κ3) is 9.65. The minimum atomic E-state index is 0.0413. The maximum absolute atomic E-state index is 8.73. The summed E-state index contributed by atoms with van der Waals surface area (Å²) in [5, 5.41) is 17.5. The Labute approximate surface area is 216 Å². The number of rotatable bonds is 20. The molecule has 3 rings (SSSR count). The van der Waals surface area contributed by atoms with Crippen LogP contribution in [-0.4, -0.2) is 89.5 Å². The molecule has 0 amide bonds. The summed E-state index contributed by atoms with van der Waals surface area (Å²) in [6, 6.07) is 0. The quantitative estimate of drug-likeness (QED) is 0.259. The van der Waals surface area contributed by atoms with Gasteiger partial charge in [-0.3, -0.25) is 0 Å². The molecule has 0 unspecified atom stereocenters. The van der Waals surface area contributed by atoms with E-state index < -0.39 is 0 Å². The Morgan fingerprint density at radius 2 is 0.667 bits per heavy atom. The van der Waals surface area contributed by atoms with E-state index >= 15 is 0 Å². The van der Waals surface area contributed by atoms with Gasteiger partial charge in [0.05, 0.1) is 92.5 Å². The van der Waals surface area contributed by atoms with Gasteiger partial charge in [0, 0.05) is 0 Å². The van der Waals surface area contributed by atoms with E-state index in [9.17, 15) is 0 Å². The van der Waals surface area contributed by atoms with Crippen LogP contribution in [0.5, 0.6) is 0 Å². The van der Waals surface area contributed by atoms with E-state index in [2.05, 4.69) is 0 Å². The molecular formula is C28H46O8. The predicted octanol–water partition coefficient (Wildman–Crippen LogP) is 2.53. The van der Waals surface area contributed by atoms with Crippen LogP contribution in [0, 0.1) is 0 Å². The van der Waals surface area contributed by atoms with Gasteiger partial charge < -0.3 is 38.6 Å². The maximum atomic E-state index is 8.73. The third-order valence-corrected chi connectivity index (χ3v) is 6.84. The third-order valence-electron chi connectivity index (χ3n) is 6.84. The minimum absolute atomic E-state index is 0.0413. The Morgan fingerprint density at radius 1 is 0.389 bits per heavy atom. The average Bonchev–Trinajstić information content (AvgIpc) is 2.91. The largest absolute Gasteiger partial charge is 0.394 e. The number of benzene rings is 1. The lowest BCUT2D eigenvalue weighted by Crippen LogP contribution is -2.21. The molecule has 0 atom stereocenters. The Kier molecular flexibility index (Phi) is 14.9. The molecular weight excluding hydrogens is 464 g/mol. The van der Waals surface area contributed by atoms with Crippen LogP contribution < -0.4 is 0 Å². The summed E-state index contributed by atoms with van der Waals surface area (Å²) in [5.74, 6) is 0. The molecule has 0 saturated carbocycles. The summed E-state index contributed by atoms with van der Waals surface area (Å²) in [5.41, 5.74) is 8.90. The second-order valence-electron chi connectivity index (χ2n) is 9.29. The highest BCUT2D eigenvalue weighted by Crippen LogP contribution is 2.38. The molecule has 2 N–H and O–H groups in total. The van der Waals surface area contributed by atoms with Gasteiger partial charge in [-0.2, -0.15) is 0 Å². The van der Waals surface area contributed by atoms with E-state index in [4.69, 9.17) is 38.6 Å². The topological polar surface area (TPSA) is 95.8 Å². The van der Waals surface area contributed by atoms with Crippen LogP contribution >= 0.6 is 0 Å². The zero-order valence-corrected chi connectivity index (χ0v) is 21.9. The first kappa shape index (κ1) is 29.5. The molecule has 1 aromatic carbocycles. The number of aliphatic hydroxyl groups excluding tert-OH is 2. The monoisotopic (exact) mass is 510 g/mol. The number of ether oxygens (including phenoxy) is 6. The molecule has 0 spiro atoms. The van der Waals surface area contributed by atoms with Gasteiger partial charge in [0.25, 0.3) is 0 Å². The summed E-state index contributed by atoms with van der Waals surface area (Å²) in [7, 11) is 0. The van der Waals surface area contributed by atoms with Gasteiger partial charge in [0.2, 0.25) is 0 Å². The minimum Gasteiger partial charge on any atom is -0.394 e. The fraction of sp³-hybridized carbons (Fsp3) is 0.786. The molecule has 0 aromatic heterocycles. The van der Waals surface area contributed by atoms with Crippen molar-refractivity contribution in [3.8, 4) is 0 Å². The van der Waals surface area contributed by atoms with Gasteiger partial charge in [-0.05, 0) is 84.7 Å². The van der Waals surface area contributed by atoms with Gasteiger partial charge in [0.15, 0.2) is 0 Å². The van der Waals surface area contributed by atoms with Crippen LogP contribution in [0.1, 0.15) is 59.1 Å². The fourth-order valence-electron chi connectivity index (χ4n) is 5.21. The van der Waals surface area contributed by atoms with E-state index in [0.717, 1.165) is 25.7 Å². The van der Waals surface area contributed by atoms with Crippen molar-refractivity contribution in [2.24, 2.45) is 0 Å². The Bertz CT molecular complexity index is 641. The molecule has 0 radical (unpaired) electrons. The number of aliphatic hydroxyl groups is 2. The lowest BCUT2D eigenvalue weighted by molar-refractivity contribution is 0.00376. The van der Waals surface area contributed by atoms with Crippen molar-refractivity contribution < 1.29 is 38.6 Å². The van der Waals surface area contributed by atoms with Crippen molar-refractivity contribution in [1.29, 1.82) is 0 Å². The first-order valence-corrected chi connectivity index (χ1v) is 13.7. The lowest BCUT2D eigenvalue weighted by Gasteiger charge is -2.31. The van der Waals surface area contributed by atoms with E-state index in [1.807, 2.05) is 0 Å². The fourth-order valence-corrected chi connectivity index (χ4v) is 5.21. The highest BCUT2D eigenvalue weighted by atomic mass is 16.6. The zero-order chi connectivity index (χ0) is 25.3. The van der Waals surface area contributed by atoms with Crippen LogP contribution in [0.2, 0.25) is 0 Å². The molecule has 0 heterocycles. The number of hydrogen-bond donors (Lipinski definition) is 2. The van der Waals surface area contributed by atoms with Gasteiger partial charge in [-0.25, -0.2) is 0 Å². The van der Waals surface area contributed by atoms with Gasteiger partial charge in [0.1, 0.15) is 0 Å². The van der Waals surface area contributed by atoms with Crippen molar-refractivity contribution >= 4 is 0 Å². The number of fused-ring (bicyclic) bond motifs is 2. The van der Waals surface area contributed by atoms with Crippen molar-refractivity contribution in [3.63, 3.8) is 0 Å². The van der Waals surface area contributed by atoms with Crippen molar-refractivity contribution in [1.82, 2.24) is 0 Å². The van der Waals surface area contributed by atoms with Gasteiger partial charge in [-0.1, -0.05) is 0 Å². The first-order chi connectivity index (χ1) is 17.9. The second-order valence-corrected chi connectivity index (χ2v) is 9.29. The van der Waals surface area contributed by atoms with Crippen molar-refractivity contribution in [3.05, 3.63) is 33.4 Å². The van der Waals surface area contributed by atoms with E-state index in [0.29, 0.717) is 79.3 Å². The van der Waals surface area contributed by atoms with Crippen LogP contribution in [0.15, 0.2) is 0 Å². The first-order valence-electron chi connectivity index (χ1n) is 13.7. The molecule has 206 valence electrons. The zero-order valence-electron chi connectivity index (χ0n) is 21.9. The van der Waals surface area contributed by atoms with Crippen molar-refractivity contribution in [2.75, 3.05) is 79.3 Å². The molecule has 0 aliphatic heterocycles. The average molecular weight is 511 g/mol. The Hall–Kier alpha value is -1.10. The van der Waals surface area contributed by atoms with E-state index in [1.165, 1.54) is 59.1 Å². The summed E-state index contributed by atoms with van der Waals surface area (Å²) < 4.78 is 33.8. The molecule has 1 aromatic rings. The normalized spacial score (nSPS) is 15.2. The summed E-state index contributed by atoms with van der Waals surface area (Å²) in [6.07, 6.45) is 9.47. The van der Waals surface area contributed by atoms with Crippen LogP contribution in [0.25, 0.3) is 0 Å². The lowest BCUT2D eigenvalue weighted by atomic mass is 9.76. The molecule has 0 saturated heterocycles. The van der Waals surface area contributed by atoms with Gasteiger partial charge in [-0.15, -0.1) is 0 Å². The SMILES string of the molecule is OCCOCCOCCOCc1c2c(c(COCCOCCOCCO)c3c1CCCC3)CCCC2. The highest BCUT2D eigenvalue weighted by Gasteiger charge is 2.26. The molecule has 8 nitrogen and oxygen atoms in total. The Morgan fingerprint density at radius 3 is 0.972 bits per heavy atom. The second kappa shape index (κ2) is 18.2. The molecule has 0 bridgehead atoms. The number of hydrogen-bond acceptors (Lipinski definition) is 8.